The topological polar surface area (TPSA) is 63.5 Å². The first kappa shape index (κ1) is 15.6. The van der Waals surface area contributed by atoms with Gasteiger partial charge in [-0.15, -0.1) is 0 Å². The van der Waals surface area contributed by atoms with Gasteiger partial charge < -0.3 is 10.1 Å². The van der Waals surface area contributed by atoms with Crippen molar-refractivity contribution >= 4 is 23.5 Å². The molecule has 120 valence electrons. The van der Waals surface area contributed by atoms with Crippen molar-refractivity contribution in [2.75, 3.05) is 13.2 Å². The maximum Gasteiger partial charge on any atom is 0.187 e. The molecule has 1 aliphatic rings. The summed E-state index contributed by atoms with van der Waals surface area (Å²) in [4.78, 5) is 0. The van der Waals surface area contributed by atoms with Gasteiger partial charge in [0.15, 0.2) is 5.11 Å². The zero-order valence-corrected chi connectivity index (χ0v) is 13.5. The van der Waals surface area contributed by atoms with Crippen LogP contribution in [0.25, 0.3) is 5.69 Å². The van der Waals surface area contributed by atoms with Gasteiger partial charge in [-0.3, -0.25) is 5.43 Å². The quantitative estimate of drug-likeness (QED) is 0.498. The predicted molar refractivity (Wildman–Crippen MR) is 93.9 cm³/mol. The third-order valence-corrected chi connectivity index (χ3v) is 3.75. The second-order valence-corrected chi connectivity index (χ2v) is 5.68. The summed E-state index contributed by atoms with van der Waals surface area (Å²) in [5.41, 5.74) is 4.70. The Morgan fingerprint density at radius 2 is 2.30 bits per heavy atom. The summed E-state index contributed by atoms with van der Waals surface area (Å²) < 4.78 is 7.32. The Labute approximate surface area is 140 Å². The van der Waals surface area contributed by atoms with Crippen LogP contribution in [0.1, 0.15) is 18.4 Å². The number of thiocarbonyl (C=S) groups is 1. The minimum absolute atomic E-state index is 0.253. The number of para-hydroxylation sites is 1. The lowest BCUT2D eigenvalue weighted by Gasteiger charge is -2.11. The van der Waals surface area contributed by atoms with Crippen molar-refractivity contribution in [3.05, 3.63) is 48.3 Å². The lowest BCUT2D eigenvalue weighted by Crippen LogP contribution is -2.37. The number of benzene rings is 1. The molecular formula is C16H19N5OS. The molecule has 2 N–H and O–H groups in total. The average Bonchev–Trinajstić information content (AvgIpc) is 3.26. The molecule has 1 fully saturated rings. The highest BCUT2D eigenvalue weighted by Crippen LogP contribution is 2.10. The van der Waals surface area contributed by atoms with Gasteiger partial charge in [-0.2, -0.15) is 10.2 Å². The fourth-order valence-corrected chi connectivity index (χ4v) is 2.48. The summed E-state index contributed by atoms with van der Waals surface area (Å²) in [7, 11) is 0. The standard InChI is InChI=1S/C16H19N5OS/c23-16(17-11-15-7-4-8-22-15)20-18-9-13-10-19-21(12-13)14-5-2-1-3-6-14/h1-3,5-6,9-10,12,15H,4,7-8,11H2,(H2,17,20,23)/b18-9-/t15-/m0/s1. The van der Waals surface area contributed by atoms with E-state index in [0.717, 1.165) is 30.7 Å². The third kappa shape index (κ3) is 4.61. The van der Waals surface area contributed by atoms with Gasteiger partial charge in [0, 0.05) is 24.9 Å². The van der Waals surface area contributed by atoms with Crippen molar-refractivity contribution in [1.82, 2.24) is 20.5 Å². The average molecular weight is 329 g/mol. The van der Waals surface area contributed by atoms with E-state index in [1.807, 2.05) is 36.5 Å². The van der Waals surface area contributed by atoms with E-state index in [0.29, 0.717) is 11.7 Å². The molecule has 0 unspecified atom stereocenters. The molecule has 0 bridgehead atoms. The fraction of sp³-hybridized carbons (Fsp3) is 0.312. The van der Waals surface area contributed by atoms with Crippen LogP contribution in [0.2, 0.25) is 0 Å². The predicted octanol–water partition coefficient (Wildman–Crippen LogP) is 1.85. The molecule has 23 heavy (non-hydrogen) atoms. The molecule has 0 radical (unpaired) electrons. The normalized spacial score (nSPS) is 17.5. The van der Waals surface area contributed by atoms with Gasteiger partial charge in [0.2, 0.25) is 0 Å². The largest absolute Gasteiger partial charge is 0.376 e. The van der Waals surface area contributed by atoms with Crippen LogP contribution >= 0.6 is 12.2 Å². The number of rotatable bonds is 5. The van der Waals surface area contributed by atoms with Crippen LogP contribution in [0.5, 0.6) is 0 Å². The highest BCUT2D eigenvalue weighted by atomic mass is 32.1. The number of ether oxygens (including phenoxy) is 1. The van der Waals surface area contributed by atoms with Crippen LogP contribution in [0.15, 0.2) is 47.8 Å². The number of nitrogens with zero attached hydrogens (tertiary/aromatic N) is 3. The van der Waals surface area contributed by atoms with Gasteiger partial charge in [-0.1, -0.05) is 18.2 Å². The summed E-state index contributed by atoms with van der Waals surface area (Å²) in [6.07, 6.45) is 7.80. The number of hydrazone groups is 1. The highest BCUT2D eigenvalue weighted by Gasteiger charge is 2.14. The molecule has 7 heteroatoms. The lowest BCUT2D eigenvalue weighted by molar-refractivity contribution is 0.114. The van der Waals surface area contributed by atoms with Crippen molar-refractivity contribution < 1.29 is 4.74 Å². The minimum Gasteiger partial charge on any atom is -0.376 e. The molecule has 0 spiro atoms. The molecule has 6 nitrogen and oxygen atoms in total. The number of aromatic nitrogens is 2. The van der Waals surface area contributed by atoms with Crippen molar-refractivity contribution in [1.29, 1.82) is 0 Å². The Balaban J connectivity index is 1.46. The smallest absolute Gasteiger partial charge is 0.187 e. The second-order valence-electron chi connectivity index (χ2n) is 5.27. The summed E-state index contributed by atoms with van der Waals surface area (Å²) >= 11 is 5.17. The molecule has 1 aromatic carbocycles. The van der Waals surface area contributed by atoms with Gasteiger partial charge >= 0.3 is 0 Å². The van der Waals surface area contributed by atoms with E-state index in [-0.39, 0.29) is 6.10 Å². The van der Waals surface area contributed by atoms with Gasteiger partial charge in [-0.05, 0) is 37.2 Å². The maximum atomic E-state index is 5.52. The molecule has 0 amide bonds. The Bertz CT molecular complexity index is 664. The van der Waals surface area contributed by atoms with Crippen molar-refractivity contribution in [3.8, 4) is 5.69 Å². The SMILES string of the molecule is S=C(NC[C@@H]1CCCO1)N/N=C\c1cnn(-c2ccccc2)c1. The van der Waals surface area contributed by atoms with Crippen molar-refractivity contribution in [3.63, 3.8) is 0 Å². The van der Waals surface area contributed by atoms with E-state index >= 15 is 0 Å². The van der Waals surface area contributed by atoms with Gasteiger partial charge in [0.05, 0.1) is 24.2 Å². The Morgan fingerprint density at radius 3 is 3.09 bits per heavy atom. The van der Waals surface area contributed by atoms with Gasteiger partial charge in [0.25, 0.3) is 0 Å². The van der Waals surface area contributed by atoms with Crippen LogP contribution in [0.4, 0.5) is 0 Å². The van der Waals surface area contributed by atoms with Crippen LogP contribution < -0.4 is 10.7 Å². The Hall–Kier alpha value is -2.25. The van der Waals surface area contributed by atoms with E-state index < -0.39 is 0 Å². The Morgan fingerprint density at radius 1 is 1.43 bits per heavy atom. The summed E-state index contributed by atoms with van der Waals surface area (Å²) in [5, 5.41) is 12.0. The number of hydrogen-bond acceptors (Lipinski definition) is 4. The van der Waals surface area contributed by atoms with E-state index in [1.54, 1.807) is 17.1 Å². The maximum absolute atomic E-state index is 5.52. The van der Waals surface area contributed by atoms with Crippen LogP contribution in [-0.2, 0) is 4.74 Å². The molecule has 1 aromatic heterocycles. The van der Waals surface area contributed by atoms with Crippen molar-refractivity contribution in [2.45, 2.75) is 18.9 Å². The second kappa shape index (κ2) is 7.85. The Kier molecular flexibility index (Phi) is 5.33. The molecule has 1 atom stereocenters. The molecule has 2 aromatic rings. The molecule has 3 rings (SSSR count). The third-order valence-electron chi connectivity index (χ3n) is 3.52. The zero-order chi connectivity index (χ0) is 15.9. The van der Waals surface area contributed by atoms with E-state index in [2.05, 4.69) is 20.9 Å². The van der Waals surface area contributed by atoms with Crippen molar-refractivity contribution in [2.24, 2.45) is 5.10 Å². The summed E-state index contributed by atoms with van der Waals surface area (Å²) in [6.45, 7) is 1.56. The molecular weight excluding hydrogens is 310 g/mol. The van der Waals surface area contributed by atoms with E-state index in [1.165, 1.54) is 0 Å². The van der Waals surface area contributed by atoms with Gasteiger partial charge in [-0.25, -0.2) is 4.68 Å². The van der Waals surface area contributed by atoms with Crippen LogP contribution in [0.3, 0.4) is 0 Å². The molecule has 0 saturated carbocycles. The molecule has 1 aliphatic heterocycles. The van der Waals surface area contributed by atoms with Crippen LogP contribution in [0, 0.1) is 0 Å². The molecule has 0 aliphatic carbocycles. The lowest BCUT2D eigenvalue weighted by atomic mass is 10.2. The first-order valence-corrected chi connectivity index (χ1v) is 8.01. The zero-order valence-electron chi connectivity index (χ0n) is 12.7. The van der Waals surface area contributed by atoms with Crippen LogP contribution in [-0.4, -0.2) is 40.4 Å². The monoisotopic (exact) mass is 329 g/mol. The number of hydrogen-bond donors (Lipinski definition) is 2. The molecule has 2 heterocycles. The van der Waals surface area contributed by atoms with E-state index in [9.17, 15) is 0 Å². The summed E-state index contributed by atoms with van der Waals surface area (Å²) in [6, 6.07) is 9.92. The highest BCUT2D eigenvalue weighted by molar-refractivity contribution is 7.80. The summed E-state index contributed by atoms with van der Waals surface area (Å²) in [5.74, 6) is 0. The molecule has 1 saturated heterocycles. The van der Waals surface area contributed by atoms with E-state index in [4.69, 9.17) is 17.0 Å². The fourth-order valence-electron chi connectivity index (χ4n) is 2.34. The number of nitrogens with one attached hydrogen (secondary N) is 2. The first-order chi connectivity index (χ1) is 11.3. The minimum atomic E-state index is 0.253. The first-order valence-electron chi connectivity index (χ1n) is 7.60. The van der Waals surface area contributed by atoms with Gasteiger partial charge in [0.1, 0.15) is 0 Å².